The SMILES string of the molecule is COP(=O)(OC)OC.[Tb]. The molecule has 0 aromatic heterocycles. The van der Waals surface area contributed by atoms with Gasteiger partial charge < -0.3 is 0 Å². The molecule has 0 rings (SSSR count). The van der Waals surface area contributed by atoms with Crippen molar-refractivity contribution in [3.8, 4) is 0 Å². The average Bonchev–Trinajstić information content (AvgIpc) is 1.87. The second-order valence-corrected chi connectivity index (χ2v) is 2.98. The van der Waals surface area contributed by atoms with Gasteiger partial charge >= 0.3 is 7.82 Å². The first kappa shape index (κ1) is 13.0. The Hall–Kier alpha value is 1.40. The molecule has 59 valence electrons. The van der Waals surface area contributed by atoms with Crippen molar-refractivity contribution < 1.29 is 56.7 Å². The van der Waals surface area contributed by atoms with Crippen LogP contribution in [0.25, 0.3) is 0 Å². The van der Waals surface area contributed by atoms with Gasteiger partial charge in [-0.15, -0.1) is 0 Å². The van der Waals surface area contributed by atoms with Crippen LogP contribution in [0.1, 0.15) is 0 Å². The van der Waals surface area contributed by atoms with Crippen molar-refractivity contribution in [1.82, 2.24) is 0 Å². The molecule has 0 atom stereocenters. The molecular formula is C3H9O4PTb. The monoisotopic (exact) mass is 299 g/mol. The van der Waals surface area contributed by atoms with Gasteiger partial charge in [-0.25, -0.2) is 4.57 Å². The van der Waals surface area contributed by atoms with Crippen LogP contribution in [-0.4, -0.2) is 21.3 Å². The summed E-state index contributed by atoms with van der Waals surface area (Å²) >= 11 is 0. The number of phosphoric acid groups is 1. The van der Waals surface area contributed by atoms with Gasteiger partial charge in [-0.1, -0.05) is 0 Å². The number of hydrogen-bond acceptors (Lipinski definition) is 4. The second-order valence-electron chi connectivity index (χ2n) is 0.995. The van der Waals surface area contributed by atoms with Crippen LogP contribution in [-0.2, 0) is 18.1 Å². The van der Waals surface area contributed by atoms with Crippen molar-refractivity contribution in [1.29, 1.82) is 0 Å². The van der Waals surface area contributed by atoms with E-state index in [-0.39, 0.29) is 38.6 Å². The van der Waals surface area contributed by atoms with E-state index >= 15 is 0 Å². The van der Waals surface area contributed by atoms with Crippen LogP contribution in [0.4, 0.5) is 0 Å². The molecule has 1 radical (unpaired) electrons. The molecule has 0 spiro atoms. The van der Waals surface area contributed by atoms with Crippen molar-refractivity contribution in [2.45, 2.75) is 0 Å². The minimum absolute atomic E-state index is 0. The summed E-state index contributed by atoms with van der Waals surface area (Å²) in [7, 11) is 0.611. The molecule has 0 unspecified atom stereocenters. The zero-order chi connectivity index (χ0) is 6.62. The van der Waals surface area contributed by atoms with Crippen LogP contribution in [0.2, 0.25) is 0 Å². The summed E-state index contributed by atoms with van der Waals surface area (Å²) < 4.78 is 23.7. The molecule has 4 nitrogen and oxygen atoms in total. The molecule has 0 aliphatic heterocycles. The molecule has 0 aliphatic rings. The van der Waals surface area contributed by atoms with Gasteiger partial charge in [0.2, 0.25) is 0 Å². The Balaban J connectivity index is 0. The molecule has 0 amide bonds. The van der Waals surface area contributed by atoms with Gasteiger partial charge in [0, 0.05) is 59.9 Å². The van der Waals surface area contributed by atoms with Gasteiger partial charge in [-0.3, -0.25) is 13.6 Å². The first-order chi connectivity index (χ1) is 3.68. The molecule has 0 bridgehead atoms. The van der Waals surface area contributed by atoms with E-state index in [1.165, 1.54) is 21.3 Å². The van der Waals surface area contributed by atoms with Crippen molar-refractivity contribution in [3.63, 3.8) is 0 Å². The van der Waals surface area contributed by atoms with Crippen LogP contribution in [0.15, 0.2) is 0 Å². The number of phosphoric ester groups is 1. The Morgan fingerprint density at radius 1 is 1.00 bits per heavy atom. The molecule has 0 aromatic carbocycles. The molecular weight excluding hydrogens is 290 g/mol. The van der Waals surface area contributed by atoms with Crippen LogP contribution in [0, 0.1) is 38.6 Å². The Morgan fingerprint density at radius 2 is 1.22 bits per heavy atom. The van der Waals surface area contributed by atoms with E-state index in [1.54, 1.807) is 0 Å². The van der Waals surface area contributed by atoms with E-state index in [2.05, 4.69) is 13.6 Å². The summed E-state index contributed by atoms with van der Waals surface area (Å²) in [6.45, 7) is 0. The first-order valence-electron chi connectivity index (χ1n) is 1.96. The Labute approximate surface area is 85.3 Å². The Morgan fingerprint density at radius 3 is 1.22 bits per heavy atom. The third-order valence-corrected chi connectivity index (χ3v) is 2.01. The van der Waals surface area contributed by atoms with Gasteiger partial charge in [0.05, 0.1) is 0 Å². The zero-order valence-corrected chi connectivity index (χ0v) is 8.45. The summed E-state index contributed by atoms with van der Waals surface area (Å²) in [6, 6.07) is 0. The number of rotatable bonds is 3. The fourth-order valence-corrected chi connectivity index (χ4v) is 0.671. The minimum Gasteiger partial charge on any atom is -0.290 e. The van der Waals surface area contributed by atoms with Crippen molar-refractivity contribution in [3.05, 3.63) is 0 Å². The van der Waals surface area contributed by atoms with E-state index in [1.807, 2.05) is 0 Å². The fraction of sp³-hybridized carbons (Fsp3) is 1.00. The van der Waals surface area contributed by atoms with Crippen molar-refractivity contribution in [2.75, 3.05) is 21.3 Å². The predicted octanol–water partition coefficient (Wildman–Crippen LogP) is 1.03. The maximum absolute atomic E-state index is 10.7. The maximum atomic E-state index is 10.7. The smallest absolute Gasteiger partial charge is 0.290 e. The molecule has 0 heterocycles. The molecule has 0 aliphatic carbocycles. The minimum atomic E-state index is -3.16. The van der Waals surface area contributed by atoms with Crippen LogP contribution in [0.3, 0.4) is 0 Å². The summed E-state index contributed by atoms with van der Waals surface area (Å²) in [4.78, 5) is 0. The topological polar surface area (TPSA) is 44.8 Å². The van der Waals surface area contributed by atoms with Gasteiger partial charge in [0.25, 0.3) is 0 Å². The fourth-order valence-electron chi connectivity index (χ4n) is 0.224. The van der Waals surface area contributed by atoms with Crippen LogP contribution < -0.4 is 0 Å². The largest absolute Gasteiger partial charge is 0.473 e. The van der Waals surface area contributed by atoms with E-state index in [4.69, 9.17) is 0 Å². The molecule has 0 N–H and O–H groups in total. The van der Waals surface area contributed by atoms with E-state index in [0.717, 1.165) is 0 Å². The van der Waals surface area contributed by atoms with Gasteiger partial charge in [-0.2, -0.15) is 0 Å². The predicted molar refractivity (Wildman–Crippen MR) is 28.6 cm³/mol. The summed E-state index contributed by atoms with van der Waals surface area (Å²) in [6.07, 6.45) is 0. The average molecular weight is 299 g/mol. The second kappa shape index (κ2) is 6.13. The van der Waals surface area contributed by atoms with E-state index in [9.17, 15) is 4.57 Å². The molecule has 0 fully saturated rings. The van der Waals surface area contributed by atoms with Gasteiger partial charge in [-0.05, 0) is 0 Å². The Kier molecular flexibility index (Phi) is 8.87. The first-order valence-corrected chi connectivity index (χ1v) is 3.42. The zero-order valence-electron chi connectivity index (χ0n) is 5.41. The standard InChI is InChI=1S/C3H9O4P.Tb/c1-5-8(4,6-2)7-3;/h1-3H3;. The van der Waals surface area contributed by atoms with Gasteiger partial charge in [0.1, 0.15) is 0 Å². The molecule has 0 saturated carbocycles. The normalized spacial score (nSPS) is 10.6. The van der Waals surface area contributed by atoms with E-state index in [0.29, 0.717) is 0 Å². The summed E-state index contributed by atoms with van der Waals surface area (Å²) in [5.41, 5.74) is 0. The third kappa shape index (κ3) is 4.76. The quantitative estimate of drug-likeness (QED) is 0.730. The Bertz CT molecular complexity index is 87.0. The van der Waals surface area contributed by atoms with Crippen molar-refractivity contribution >= 4 is 7.82 Å². The maximum Gasteiger partial charge on any atom is 0.473 e. The van der Waals surface area contributed by atoms with Gasteiger partial charge in [0.15, 0.2) is 0 Å². The molecule has 0 aromatic rings. The van der Waals surface area contributed by atoms with E-state index < -0.39 is 7.82 Å². The number of hydrogen-bond donors (Lipinski definition) is 0. The summed E-state index contributed by atoms with van der Waals surface area (Å²) in [5.74, 6) is 0. The molecule has 0 saturated heterocycles. The van der Waals surface area contributed by atoms with Crippen molar-refractivity contribution in [2.24, 2.45) is 0 Å². The molecule has 9 heavy (non-hydrogen) atoms. The third-order valence-electron chi connectivity index (χ3n) is 0.671. The van der Waals surface area contributed by atoms with Crippen LogP contribution >= 0.6 is 7.82 Å². The van der Waals surface area contributed by atoms with Crippen LogP contribution in [0.5, 0.6) is 0 Å². The summed E-state index contributed by atoms with van der Waals surface area (Å²) in [5, 5.41) is 0. The molecule has 6 heteroatoms.